The molecule has 0 radical (unpaired) electrons. The van der Waals surface area contributed by atoms with Gasteiger partial charge in [0.15, 0.2) is 16.4 Å². The average Bonchev–Trinajstić information content (AvgIpc) is 2.82. The van der Waals surface area contributed by atoms with Gasteiger partial charge in [0, 0.05) is 6.26 Å². The minimum Gasteiger partial charge on any atom is -0.485 e. The van der Waals surface area contributed by atoms with Crippen LogP contribution in [0.15, 0.2) is 41.3 Å². The number of carbonyl (C=O) groups excluding carboxylic acids is 1. The van der Waals surface area contributed by atoms with E-state index < -0.39 is 9.84 Å². The zero-order valence-corrected chi connectivity index (χ0v) is 12.9. The second-order valence-electron chi connectivity index (χ2n) is 4.06. The highest BCUT2D eigenvalue weighted by Crippen LogP contribution is 2.22. The summed E-state index contributed by atoms with van der Waals surface area (Å²) < 4.78 is 28.4. The van der Waals surface area contributed by atoms with Crippen molar-refractivity contribution < 1.29 is 17.9 Å². The molecule has 4 nitrogen and oxygen atoms in total. The summed E-state index contributed by atoms with van der Waals surface area (Å²) in [6.07, 6.45) is 1.13. The van der Waals surface area contributed by atoms with Crippen molar-refractivity contribution in [2.75, 3.05) is 12.9 Å². The van der Waals surface area contributed by atoms with Gasteiger partial charge in [0.05, 0.1) is 14.1 Å². The minimum absolute atomic E-state index is 0.116. The summed E-state index contributed by atoms with van der Waals surface area (Å²) >= 11 is 6.94. The lowest BCUT2D eigenvalue weighted by Crippen LogP contribution is -2.10. The fraction of sp³-hybridized carbons (Fsp3) is 0.154. The Morgan fingerprint density at radius 3 is 2.35 bits per heavy atom. The molecule has 0 saturated carbocycles. The number of ketones is 1. The van der Waals surface area contributed by atoms with Crippen LogP contribution in [0.3, 0.4) is 0 Å². The number of ether oxygens (including phenoxy) is 1. The molecule has 2 rings (SSSR count). The van der Waals surface area contributed by atoms with Gasteiger partial charge in [0.1, 0.15) is 5.75 Å². The van der Waals surface area contributed by atoms with E-state index in [-0.39, 0.29) is 17.3 Å². The Morgan fingerprint density at radius 2 is 1.85 bits per heavy atom. The molecule has 0 aliphatic rings. The van der Waals surface area contributed by atoms with Crippen molar-refractivity contribution in [3.8, 4) is 5.75 Å². The highest BCUT2D eigenvalue weighted by molar-refractivity contribution is 7.90. The van der Waals surface area contributed by atoms with Gasteiger partial charge in [-0.25, -0.2) is 8.42 Å². The molecule has 0 aliphatic carbocycles. The number of rotatable bonds is 5. The lowest BCUT2D eigenvalue weighted by Gasteiger charge is -2.05. The van der Waals surface area contributed by atoms with Gasteiger partial charge in [-0.05, 0) is 36.4 Å². The van der Waals surface area contributed by atoms with E-state index in [0.29, 0.717) is 15.0 Å². The fourth-order valence-electron chi connectivity index (χ4n) is 1.47. The van der Waals surface area contributed by atoms with E-state index >= 15 is 0 Å². The van der Waals surface area contributed by atoms with Crippen LogP contribution in [-0.4, -0.2) is 27.1 Å². The monoisotopic (exact) mass is 330 g/mol. The summed E-state index contributed by atoms with van der Waals surface area (Å²) in [5.74, 6) is 0.266. The van der Waals surface area contributed by atoms with Crippen LogP contribution >= 0.6 is 22.9 Å². The van der Waals surface area contributed by atoms with Crippen LogP contribution in [0.4, 0.5) is 0 Å². The Balaban J connectivity index is 1.99. The molecule has 0 aliphatic heterocycles. The smallest absolute Gasteiger partial charge is 0.210 e. The maximum absolute atomic E-state index is 11.8. The van der Waals surface area contributed by atoms with E-state index in [0.717, 1.165) is 6.26 Å². The zero-order chi connectivity index (χ0) is 14.8. The van der Waals surface area contributed by atoms with Crippen LogP contribution in [0.1, 0.15) is 9.67 Å². The third-order valence-electron chi connectivity index (χ3n) is 2.47. The summed E-state index contributed by atoms with van der Waals surface area (Å²) in [5.41, 5.74) is 0. The summed E-state index contributed by atoms with van der Waals surface area (Å²) in [6, 6.07) is 9.22. The Kier molecular flexibility index (Phi) is 4.47. The standard InChI is InChI=1S/C13H11ClO4S2/c1-20(16,17)10-4-2-9(3-5-10)18-8-11(15)12-6-7-13(14)19-12/h2-7H,8H2,1H3. The topological polar surface area (TPSA) is 60.4 Å². The molecule has 0 saturated heterocycles. The van der Waals surface area contributed by atoms with Crippen LogP contribution in [0.5, 0.6) is 5.75 Å². The summed E-state index contributed by atoms with van der Waals surface area (Å²) in [7, 11) is -3.23. The van der Waals surface area contributed by atoms with Gasteiger partial charge in [0.2, 0.25) is 5.78 Å². The van der Waals surface area contributed by atoms with E-state index in [1.165, 1.54) is 35.6 Å². The van der Waals surface area contributed by atoms with Crippen molar-refractivity contribution in [3.05, 3.63) is 45.6 Å². The van der Waals surface area contributed by atoms with Gasteiger partial charge in [-0.1, -0.05) is 11.6 Å². The molecular formula is C13H11ClO4S2. The lowest BCUT2D eigenvalue weighted by atomic mass is 10.3. The molecule has 0 amide bonds. The average molecular weight is 331 g/mol. The number of hydrogen-bond acceptors (Lipinski definition) is 5. The predicted molar refractivity (Wildman–Crippen MR) is 78.7 cm³/mol. The van der Waals surface area contributed by atoms with Crippen LogP contribution < -0.4 is 4.74 Å². The molecule has 7 heteroatoms. The Morgan fingerprint density at radius 1 is 1.20 bits per heavy atom. The van der Waals surface area contributed by atoms with Crippen LogP contribution in [0.2, 0.25) is 4.34 Å². The first-order chi connectivity index (χ1) is 9.36. The SMILES string of the molecule is CS(=O)(=O)c1ccc(OCC(=O)c2ccc(Cl)s2)cc1. The van der Waals surface area contributed by atoms with Crippen LogP contribution in [0, 0.1) is 0 Å². The number of benzene rings is 1. The summed E-state index contributed by atoms with van der Waals surface area (Å²) in [4.78, 5) is 12.5. The van der Waals surface area contributed by atoms with Crippen molar-refractivity contribution in [3.63, 3.8) is 0 Å². The largest absolute Gasteiger partial charge is 0.485 e. The van der Waals surface area contributed by atoms with Gasteiger partial charge < -0.3 is 4.74 Å². The number of halogens is 1. The van der Waals surface area contributed by atoms with Gasteiger partial charge in [-0.3, -0.25) is 4.79 Å². The van der Waals surface area contributed by atoms with Crippen molar-refractivity contribution in [2.45, 2.75) is 4.90 Å². The van der Waals surface area contributed by atoms with E-state index in [2.05, 4.69) is 0 Å². The second-order valence-corrected chi connectivity index (χ2v) is 7.79. The first-order valence-electron chi connectivity index (χ1n) is 5.58. The number of Topliss-reactive ketones (excluding diaryl/α,β-unsaturated/α-hetero) is 1. The van der Waals surface area contributed by atoms with E-state index in [9.17, 15) is 13.2 Å². The maximum atomic E-state index is 11.8. The summed E-state index contributed by atoms with van der Waals surface area (Å²) in [6.45, 7) is -0.116. The van der Waals surface area contributed by atoms with Gasteiger partial charge in [-0.2, -0.15) is 0 Å². The van der Waals surface area contributed by atoms with Crippen molar-refractivity contribution >= 4 is 38.6 Å². The number of sulfone groups is 1. The Hall–Kier alpha value is -1.37. The first kappa shape index (κ1) is 15.0. The molecule has 1 aromatic heterocycles. The molecule has 20 heavy (non-hydrogen) atoms. The molecule has 0 N–H and O–H groups in total. The molecule has 0 atom stereocenters. The third-order valence-corrected chi connectivity index (χ3v) is 4.87. The van der Waals surface area contributed by atoms with Gasteiger partial charge in [-0.15, -0.1) is 11.3 Å². The summed E-state index contributed by atoms with van der Waals surface area (Å²) in [5, 5.41) is 0. The first-order valence-corrected chi connectivity index (χ1v) is 8.66. The second kappa shape index (κ2) is 5.95. The maximum Gasteiger partial charge on any atom is 0.210 e. The normalized spacial score (nSPS) is 11.3. The van der Waals surface area contributed by atoms with Gasteiger partial charge in [0.25, 0.3) is 0 Å². The molecule has 0 spiro atoms. The van der Waals surface area contributed by atoms with Crippen molar-refractivity contribution in [1.82, 2.24) is 0 Å². The molecule has 0 unspecified atom stereocenters. The van der Waals surface area contributed by atoms with Crippen molar-refractivity contribution in [1.29, 1.82) is 0 Å². The molecule has 1 heterocycles. The lowest BCUT2D eigenvalue weighted by molar-refractivity contribution is 0.0925. The highest BCUT2D eigenvalue weighted by Gasteiger charge is 2.10. The molecule has 0 bridgehead atoms. The molecule has 106 valence electrons. The van der Waals surface area contributed by atoms with Crippen LogP contribution in [-0.2, 0) is 9.84 Å². The van der Waals surface area contributed by atoms with E-state index in [1.54, 1.807) is 12.1 Å². The Labute approximate surface area is 125 Å². The minimum atomic E-state index is -3.23. The van der Waals surface area contributed by atoms with E-state index in [4.69, 9.17) is 16.3 Å². The predicted octanol–water partition coefficient (Wildman–Crippen LogP) is 3.07. The number of carbonyl (C=O) groups is 1. The molecule has 2 aromatic rings. The Bertz CT molecular complexity index is 717. The van der Waals surface area contributed by atoms with E-state index in [1.807, 2.05) is 0 Å². The zero-order valence-electron chi connectivity index (χ0n) is 10.5. The fourth-order valence-corrected chi connectivity index (χ4v) is 3.07. The molecule has 1 aromatic carbocycles. The van der Waals surface area contributed by atoms with Crippen LogP contribution in [0.25, 0.3) is 0 Å². The number of hydrogen-bond donors (Lipinski definition) is 0. The highest BCUT2D eigenvalue weighted by atomic mass is 35.5. The molecule has 0 fully saturated rings. The van der Waals surface area contributed by atoms with Crippen molar-refractivity contribution in [2.24, 2.45) is 0 Å². The quantitative estimate of drug-likeness (QED) is 0.790. The molecular weight excluding hydrogens is 320 g/mol. The van der Waals surface area contributed by atoms with Gasteiger partial charge >= 0.3 is 0 Å². The number of thiophene rings is 1. The third kappa shape index (κ3) is 3.82.